The molecule has 0 saturated heterocycles. The molecular weight excluding hydrogens is 310 g/mol. The largest absolute Gasteiger partial charge is 0.497 e. The Morgan fingerprint density at radius 1 is 1.13 bits per heavy atom. The highest BCUT2D eigenvalue weighted by atomic mass is 32.2. The molecule has 0 radical (unpaired) electrons. The van der Waals surface area contributed by atoms with Gasteiger partial charge in [0.1, 0.15) is 11.5 Å². The van der Waals surface area contributed by atoms with Gasteiger partial charge in [-0.25, -0.2) is 0 Å². The molecule has 0 saturated carbocycles. The van der Waals surface area contributed by atoms with Crippen LogP contribution in [0.3, 0.4) is 0 Å². The molecule has 1 unspecified atom stereocenters. The van der Waals surface area contributed by atoms with Gasteiger partial charge in [-0.15, -0.1) is 0 Å². The second kappa shape index (κ2) is 6.96. The molecule has 1 heterocycles. The normalized spacial score (nSPS) is 17.1. The average Bonchev–Trinajstić information content (AvgIpc) is 2.80. The fourth-order valence-electron chi connectivity index (χ4n) is 2.82. The lowest BCUT2D eigenvalue weighted by Gasteiger charge is -2.14. The number of nitrogens with zero attached hydrogens (tertiary/aromatic N) is 1. The van der Waals surface area contributed by atoms with Gasteiger partial charge < -0.3 is 14.4 Å². The van der Waals surface area contributed by atoms with Crippen LogP contribution in [0.1, 0.15) is 5.56 Å². The molecule has 23 heavy (non-hydrogen) atoms. The lowest BCUT2D eigenvalue weighted by molar-refractivity contribution is -0.118. The second-order valence-corrected chi connectivity index (χ2v) is 7.37. The molecular formula is C18H20NO3S+. The number of rotatable bonds is 4. The summed E-state index contributed by atoms with van der Waals surface area (Å²) in [5.41, 5.74) is 1.10. The molecule has 2 aromatic carbocycles. The van der Waals surface area contributed by atoms with E-state index in [2.05, 4.69) is 24.3 Å². The topological polar surface area (TPSA) is 38.8 Å². The maximum atomic E-state index is 11.3. The quantitative estimate of drug-likeness (QED) is 0.639. The van der Waals surface area contributed by atoms with Crippen LogP contribution in [0.15, 0.2) is 52.3 Å². The van der Waals surface area contributed by atoms with Gasteiger partial charge in [0, 0.05) is 11.6 Å². The van der Waals surface area contributed by atoms with Crippen molar-refractivity contribution in [3.63, 3.8) is 0 Å². The van der Waals surface area contributed by atoms with Crippen molar-refractivity contribution in [2.45, 2.75) is 16.3 Å². The highest BCUT2D eigenvalue weighted by molar-refractivity contribution is 7.97. The molecule has 3 rings (SSSR count). The number of carbonyl (C=O) groups excluding carboxylic acids is 1. The summed E-state index contributed by atoms with van der Waals surface area (Å²) in [7, 11) is 3.20. The molecule has 5 heteroatoms. The number of hydrogen-bond donors (Lipinski definition) is 0. The van der Waals surface area contributed by atoms with Crippen molar-refractivity contribution in [3.05, 3.63) is 48.0 Å². The van der Waals surface area contributed by atoms with Crippen molar-refractivity contribution in [1.82, 2.24) is 4.90 Å². The van der Waals surface area contributed by atoms with Gasteiger partial charge >= 0.3 is 0 Å². The molecule has 0 fully saturated rings. The number of fused-ring (bicyclic) bond motifs is 1. The molecule has 1 aliphatic heterocycles. The van der Waals surface area contributed by atoms with Gasteiger partial charge in [0.05, 0.1) is 38.2 Å². The van der Waals surface area contributed by atoms with Gasteiger partial charge in [-0.2, -0.15) is 0 Å². The summed E-state index contributed by atoms with van der Waals surface area (Å²) in [6.45, 7) is 1.32. The van der Waals surface area contributed by atoms with Crippen LogP contribution in [0.25, 0.3) is 0 Å². The fourth-order valence-corrected chi connectivity index (χ4v) is 5.22. The van der Waals surface area contributed by atoms with Crippen molar-refractivity contribution in [2.75, 3.05) is 26.5 Å². The van der Waals surface area contributed by atoms with Crippen LogP contribution in [0, 0.1) is 0 Å². The van der Waals surface area contributed by atoms with Gasteiger partial charge in [-0.05, 0) is 18.2 Å². The maximum Gasteiger partial charge on any atom is 0.210 e. The summed E-state index contributed by atoms with van der Waals surface area (Å²) in [6.07, 6.45) is 0.924. The van der Waals surface area contributed by atoms with E-state index in [4.69, 9.17) is 9.47 Å². The number of benzene rings is 2. The summed E-state index contributed by atoms with van der Waals surface area (Å²) >= 11 is 0. The molecule has 1 amide bonds. The zero-order valence-electron chi connectivity index (χ0n) is 13.3. The van der Waals surface area contributed by atoms with E-state index >= 15 is 0 Å². The molecule has 120 valence electrons. The first-order chi connectivity index (χ1) is 11.3. The van der Waals surface area contributed by atoms with E-state index in [1.807, 2.05) is 23.1 Å². The van der Waals surface area contributed by atoms with Gasteiger partial charge in [-0.1, -0.05) is 18.2 Å². The fraction of sp³-hybridized carbons (Fsp3) is 0.278. The van der Waals surface area contributed by atoms with Gasteiger partial charge in [-0.3, -0.25) is 4.79 Å². The Bertz CT molecular complexity index is 690. The second-order valence-electron chi connectivity index (χ2n) is 5.30. The minimum absolute atomic E-state index is 0.125. The first-order valence-corrected chi connectivity index (χ1v) is 8.86. The van der Waals surface area contributed by atoms with Crippen molar-refractivity contribution >= 4 is 17.3 Å². The number of hydrogen-bond acceptors (Lipinski definition) is 3. The van der Waals surface area contributed by atoms with Gasteiger partial charge in [0.15, 0.2) is 10.6 Å². The van der Waals surface area contributed by atoms with Crippen LogP contribution < -0.4 is 9.47 Å². The van der Waals surface area contributed by atoms with Gasteiger partial charge in [0.2, 0.25) is 11.3 Å². The van der Waals surface area contributed by atoms with E-state index < -0.39 is 0 Å². The van der Waals surface area contributed by atoms with E-state index in [1.165, 1.54) is 9.79 Å². The van der Waals surface area contributed by atoms with Crippen molar-refractivity contribution in [2.24, 2.45) is 0 Å². The van der Waals surface area contributed by atoms with Crippen LogP contribution in [0.4, 0.5) is 0 Å². The van der Waals surface area contributed by atoms with E-state index in [0.717, 1.165) is 35.8 Å². The molecule has 0 aromatic heterocycles. The Labute approximate surface area is 139 Å². The van der Waals surface area contributed by atoms with E-state index in [0.29, 0.717) is 6.54 Å². The van der Waals surface area contributed by atoms with Crippen molar-refractivity contribution in [3.8, 4) is 11.5 Å². The zero-order chi connectivity index (χ0) is 16.2. The molecule has 1 aliphatic rings. The summed E-state index contributed by atoms with van der Waals surface area (Å²) in [5.74, 6) is 2.49. The molecule has 0 spiro atoms. The first kappa shape index (κ1) is 15.7. The van der Waals surface area contributed by atoms with Crippen molar-refractivity contribution in [1.29, 1.82) is 0 Å². The third kappa shape index (κ3) is 3.15. The monoisotopic (exact) mass is 330 g/mol. The number of amides is 1. The summed E-state index contributed by atoms with van der Waals surface area (Å²) in [6, 6.07) is 14.4. The van der Waals surface area contributed by atoms with Crippen LogP contribution >= 0.6 is 0 Å². The smallest absolute Gasteiger partial charge is 0.210 e. The standard InChI is InChI=1S/C18H20NO3S/c1-21-15-10-14-12-19(13-20)8-9-23(16-6-4-3-5-7-16)18(14)17(11-15)22-2/h3-7,10-11,13H,8-9,12H2,1-2H3/q+1. The lowest BCUT2D eigenvalue weighted by atomic mass is 10.2. The minimum Gasteiger partial charge on any atom is -0.497 e. The minimum atomic E-state index is -0.125. The van der Waals surface area contributed by atoms with Crippen LogP contribution in [-0.4, -0.2) is 37.8 Å². The average molecular weight is 330 g/mol. The van der Waals surface area contributed by atoms with E-state index in [9.17, 15) is 4.79 Å². The summed E-state index contributed by atoms with van der Waals surface area (Å²) < 4.78 is 11.0. The van der Waals surface area contributed by atoms with Crippen LogP contribution in [0.2, 0.25) is 0 Å². The predicted molar refractivity (Wildman–Crippen MR) is 91.2 cm³/mol. The Morgan fingerprint density at radius 2 is 1.91 bits per heavy atom. The third-order valence-electron chi connectivity index (χ3n) is 3.94. The molecule has 2 aromatic rings. The number of methoxy groups -OCH3 is 2. The summed E-state index contributed by atoms with van der Waals surface area (Å²) in [4.78, 5) is 15.6. The molecule has 4 nitrogen and oxygen atoms in total. The number of ether oxygens (including phenoxy) is 2. The van der Waals surface area contributed by atoms with Gasteiger partial charge in [0.25, 0.3) is 0 Å². The number of carbonyl (C=O) groups is 1. The van der Waals surface area contributed by atoms with E-state index in [1.54, 1.807) is 14.2 Å². The Morgan fingerprint density at radius 3 is 2.57 bits per heavy atom. The summed E-state index contributed by atoms with van der Waals surface area (Å²) in [5, 5.41) is 0. The highest BCUT2D eigenvalue weighted by Crippen LogP contribution is 2.39. The molecule has 0 N–H and O–H groups in total. The lowest BCUT2D eigenvalue weighted by Crippen LogP contribution is -2.24. The first-order valence-electron chi connectivity index (χ1n) is 7.47. The van der Waals surface area contributed by atoms with Crippen LogP contribution in [0.5, 0.6) is 11.5 Å². The molecule has 1 atom stereocenters. The Balaban J connectivity index is 2.16. The maximum absolute atomic E-state index is 11.3. The highest BCUT2D eigenvalue weighted by Gasteiger charge is 2.36. The molecule has 0 bridgehead atoms. The SMILES string of the molecule is COc1cc2c(c(OC)c1)[S+](c1ccccc1)CCN(C=O)C2. The Hall–Kier alpha value is -2.14. The Kier molecular flexibility index (Phi) is 4.76. The van der Waals surface area contributed by atoms with E-state index in [-0.39, 0.29) is 10.9 Å². The molecule has 0 aliphatic carbocycles. The third-order valence-corrected chi connectivity index (χ3v) is 6.33. The van der Waals surface area contributed by atoms with Crippen LogP contribution in [-0.2, 0) is 22.2 Å². The van der Waals surface area contributed by atoms with Crippen molar-refractivity contribution < 1.29 is 14.3 Å². The zero-order valence-corrected chi connectivity index (χ0v) is 14.1. The predicted octanol–water partition coefficient (Wildman–Crippen LogP) is 2.71.